The normalized spacial score (nSPS) is 15.6. The van der Waals surface area contributed by atoms with Crippen LogP contribution in [0.4, 0.5) is 0 Å². The summed E-state index contributed by atoms with van der Waals surface area (Å²) in [5.41, 5.74) is 0.946. The third kappa shape index (κ3) is 3.44. The number of rotatable bonds is 5. The highest BCUT2D eigenvalue weighted by Crippen LogP contribution is 2.27. The van der Waals surface area contributed by atoms with Crippen molar-refractivity contribution in [2.24, 2.45) is 7.05 Å². The summed E-state index contributed by atoms with van der Waals surface area (Å²) in [4.78, 5) is 12.0. The number of aromatic nitrogens is 3. The highest BCUT2D eigenvalue weighted by Gasteiger charge is 2.27. The lowest BCUT2D eigenvalue weighted by molar-refractivity contribution is -0.120. The Balaban J connectivity index is 1.72. The molecule has 0 saturated heterocycles. The molecule has 1 aromatic carbocycles. The zero-order valence-corrected chi connectivity index (χ0v) is 14.0. The van der Waals surface area contributed by atoms with Gasteiger partial charge in [-0.2, -0.15) is 0 Å². The molecule has 1 aromatic heterocycles. The van der Waals surface area contributed by atoms with Gasteiger partial charge in [0.05, 0.1) is 5.25 Å². The van der Waals surface area contributed by atoms with Crippen LogP contribution in [-0.4, -0.2) is 32.0 Å². The molecule has 1 N–H and O–H groups in total. The molecule has 0 bridgehead atoms. The van der Waals surface area contributed by atoms with Crippen LogP contribution in [0.1, 0.15) is 19.8 Å². The molecule has 2 aromatic rings. The fourth-order valence-corrected chi connectivity index (χ4v) is 2.98. The van der Waals surface area contributed by atoms with Crippen LogP contribution < -0.4 is 5.32 Å². The van der Waals surface area contributed by atoms with Gasteiger partial charge in [0, 0.05) is 23.7 Å². The van der Waals surface area contributed by atoms with Crippen LogP contribution in [0.2, 0.25) is 5.02 Å². The van der Waals surface area contributed by atoms with Gasteiger partial charge in [-0.1, -0.05) is 23.4 Å². The van der Waals surface area contributed by atoms with E-state index in [1.165, 1.54) is 11.8 Å². The second-order valence-electron chi connectivity index (χ2n) is 5.42. The smallest absolute Gasteiger partial charge is 0.233 e. The average Bonchev–Trinajstić information content (AvgIpc) is 3.24. The number of amides is 1. The van der Waals surface area contributed by atoms with Crippen LogP contribution in [0.5, 0.6) is 0 Å². The molecule has 116 valence electrons. The highest BCUT2D eigenvalue weighted by molar-refractivity contribution is 8.00. The van der Waals surface area contributed by atoms with Crippen molar-refractivity contribution in [3.8, 4) is 11.4 Å². The molecule has 1 saturated carbocycles. The first-order valence-corrected chi connectivity index (χ1v) is 8.42. The van der Waals surface area contributed by atoms with Crippen molar-refractivity contribution in [1.82, 2.24) is 20.1 Å². The summed E-state index contributed by atoms with van der Waals surface area (Å²) >= 11 is 7.32. The molecule has 1 unspecified atom stereocenters. The summed E-state index contributed by atoms with van der Waals surface area (Å²) < 4.78 is 1.90. The topological polar surface area (TPSA) is 59.8 Å². The van der Waals surface area contributed by atoms with E-state index in [1.54, 1.807) is 0 Å². The number of benzene rings is 1. The number of nitrogens with one attached hydrogen (secondary N) is 1. The number of hydrogen-bond acceptors (Lipinski definition) is 4. The lowest BCUT2D eigenvalue weighted by Gasteiger charge is -2.11. The van der Waals surface area contributed by atoms with E-state index in [-0.39, 0.29) is 11.2 Å². The fraction of sp³-hybridized carbons (Fsp3) is 0.400. The van der Waals surface area contributed by atoms with Crippen molar-refractivity contribution < 1.29 is 4.79 Å². The van der Waals surface area contributed by atoms with E-state index >= 15 is 0 Å². The third-order valence-electron chi connectivity index (χ3n) is 3.51. The zero-order valence-electron chi connectivity index (χ0n) is 12.4. The van der Waals surface area contributed by atoms with Crippen LogP contribution in [-0.2, 0) is 11.8 Å². The standard InChI is InChI=1S/C15H17ClN4OS/c1-9(14(21)17-12-7-8-12)22-15-19-18-13(20(15)2)10-3-5-11(16)6-4-10/h3-6,9,12H,7-8H2,1-2H3,(H,17,21). The Bertz CT molecular complexity index is 681. The van der Waals surface area contributed by atoms with Gasteiger partial charge < -0.3 is 9.88 Å². The van der Waals surface area contributed by atoms with E-state index in [4.69, 9.17) is 11.6 Å². The summed E-state index contributed by atoms with van der Waals surface area (Å²) in [6.07, 6.45) is 2.18. The number of halogens is 1. The maximum atomic E-state index is 12.0. The van der Waals surface area contributed by atoms with E-state index in [0.29, 0.717) is 11.1 Å². The van der Waals surface area contributed by atoms with Crippen molar-refractivity contribution in [3.05, 3.63) is 29.3 Å². The Morgan fingerprint density at radius 3 is 2.68 bits per heavy atom. The molecule has 22 heavy (non-hydrogen) atoms. The van der Waals surface area contributed by atoms with Gasteiger partial charge in [0.1, 0.15) is 0 Å². The van der Waals surface area contributed by atoms with Crippen molar-refractivity contribution in [3.63, 3.8) is 0 Å². The van der Waals surface area contributed by atoms with Gasteiger partial charge in [0.2, 0.25) is 5.91 Å². The minimum atomic E-state index is -0.193. The Hall–Kier alpha value is -1.53. The van der Waals surface area contributed by atoms with E-state index in [9.17, 15) is 4.79 Å². The number of hydrogen-bond donors (Lipinski definition) is 1. The molecule has 1 aliphatic carbocycles. The second kappa shape index (κ2) is 6.30. The van der Waals surface area contributed by atoms with E-state index in [1.807, 2.05) is 42.8 Å². The van der Waals surface area contributed by atoms with Gasteiger partial charge in [-0.25, -0.2) is 0 Å². The predicted octanol–water partition coefficient (Wildman–Crippen LogP) is 2.89. The first-order valence-electron chi connectivity index (χ1n) is 7.17. The van der Waals surface area contributed by atoms with Crippen LogP contribution in [0.25, 0.3) is 11.4 Å². The average molecular weight is 337 g/mol. The summed E-state index contributed by atoms with van der Waals surface area (Å²) in [7, 11) is 1.90. The van der Waals surface area contributed by atoms with Crippen molar-refractivity contribution in [2.75, 3.05) is 0 Å². The molecule has 1 aliphatic rings. The van der Waals surface area contributed by atoms with Gasteiger partial charge >= 0.3 is 0 Å². The SMILES string of the molecule is CC(Sc1nnc(-c2ccc(Cl)cc2)n1C)C(=O)NC1CC1. The van der Waals surface area contributed by atoms with Gasteiger partial charge in [0.15, 0.2) is 11.0 Å². The van der Waals surface area contributed by atoms with Crippen LogP contribution >= 0.6 is 23.4 Å². The predicted molar refractivity (Wildman–Crippen MR) is 87.9 cm³/mol. The monoisotopic (exact) mass is 336 g/mol. The Labute approximate surface area is 138 Å². The molecular weight excluding hydrogens is 320 g/mol. The molecule has 0 spiro atoms. The molecule has 0 radical (unpaired) electrons. The van der Waals surface area contributed by atoms with Crippen LogP contribution in [0, 0.1) is 0 Å². The first-order chi connectivity index (χ1) is 10.5. The van der Waals surface area contributed by atoms with Crippen LogP contribution in [0.15, 0.2) is 29.4 Å². The second-order valence-corrected chi connectivity index (χ2v) is 7.16. The molecule has 5 nitrogen and oxygen atoms in total. The number of nitrogens with zero attached hydrogens (tertiary/aromatic N) is 3. The molecule has 1 fully saturated rings. The first kappa shape index (κ1) is 15.4. The summed E-state index contributed by atoms with van der Waals surface area (Å²) in [6, 6.07) is 7.84. The molecule has 0 aliphatic heterocycles. The minimum Gasteiger partial charge on any atom is -0.352 e. The van der Waals surface area contributed by atoms with Crippen molar-refractivity contribution in [2.45, 2.75) is 36.2 Å². The molecule has 1 heterocycles. The third-order valence-corrected chi connectivity index (χ3v) is 4.90. The molecule has 1 atom stereocenters. The minimum absolute atomic E-state index is 0.0588. The zero-order chi connectivity index (χ0) is 15.7. The molecule has 3 rings (SSSR count). The molecular formula is C15H17ClN4OS. The lowest BCUT2D eigenvalue weighted by atomic mass is 10.2. The number of carbonyl (C=O) groups excluding carboxylic acids is 1. The molecule has 7 heteroatoms. The quantitative estimate of drug-likeness (QED) is 0.853. The largest absolute Gasteiger partial charge is 0.352 e. The van der Waals surface area contributed by atoms with Crippen molar-refractivity contribution in [1.29, 1.82) is 0 Å². The van der Waals surface area contributed by atoms with Gasteiger partial charge in [-0.05, 0) is 44.0 Å². The van der Waals surface area contributed by atoms with E-state index in [2.05, 4.69) is 15.5 Å². The maximum absolute atomic E-state index is 12.0. The highest BCUT2D eigenvalue weighted by atomic mass is 35.5. The van der Waals surface area contributed by atoms with Gasteiger partial charge in [-0.3, -0.25) is 4.79 Å². The number of carbonyl (C=O) groups is 1. The Morgan fingerprint density at radius 2 is 2.05 bits per heavy atom. The summed E-state index contributed by atoms with van der Waals surface area (Å²) in [5, 5.41) is 12.6. The summed E-state index contributed by atoms with van der Waals surface area (Å²) in [6.45, 7) is 1.89. The van der Waals surface area contributed by atoms with E-state index in [0.717, 1.165) is 29.4 Å². The van der Waals surface area contributed by atoms with Crippen molar-refractivity contribution >= 4 is 29.3 Å². The maximum Gasteiger partial charge on any atom is 0.233 e. The molecule has 1 amide bonds. The Morgan fingerprint density at radius 1 is 1.36 bits per heavy atom. The summed E-state index contributed by atoms with van der Waals surface area (Å²) in [5.74, 6) is 0.817. The Kier molecular flexibility index (Phi) is 4.40. The number of thioether (sulfide) groups is 1. The van der Waals surface area contributed by atoms with Crippen LogP contribution in [0.3, 0.4) is 0 Å². The van der Waals surface area contributed by atoms with Gasteiger partial charge in [0.25, 0.3) is 0 Å². The van der Waals surface area contributed by atoms with Gasteiger partial charge in [-0.15, -0.1) is 10.2 Å². The lowest BCUT2D eigenvalue weighted by Crippen LogP contribution is -2.32. The van der Waals surface area contributed by atoms with E-state index < -0.39 is 0 Å². The fourth-order valence-electron chi connectivity index (χ4n) is 2.03.